The maximum Gasteiger partial charge on any atom is 0.303 e. The van der Waals surface area contributed by atoms with Gasteiger partial charge in [0.1, 0.15) is 5.75 Å². The highest BCUT2D eigenvalue weighted by atomic mass is 32.2. The van der Waals surface area contributed by atoms with Crippen molar-refractivity contribution in [3.63, 3.8) is 0 Å². The number of carbonyl (C=O) groups is 2. The molecule has 0 fully saturated rings. The van der Waals surface area contributed by atoms with Crippen molar-refractivity contribution in [2.45, 2.75) is 62.9 Å². The molecular formula is C33H35NO4S2. The van der Waals surface area contributed by atoms with E-state index in [4.69, 9.17) is 9.84 Å². The molecule has 4 rings (SSSR count). The van der Waals surface area contributed by atoms with Gasteiger partial charge in [0.15, 0.2) is 11.1 Å². The molecule has 0 spiro atoms. The fourth-order valence-electron chi connectivity index (χ4n) is 4.37. The summed E-state index contributed by atoms with van der Waals surface area (Å²) in [6.07, 6.45) is 5.10. The Bertz CT molecular complexity index is 1350. The summed E-state index contributed by atoms with van der Waals surface area (Å²) in [6, 6.07) is 28.0. The second-order valence-corrected chi connectivity index (χ2v) is 11.9. The van der Waals surface area contributed by atoms with E-state index in [0.717, 1.165) is 28.3 Å². The van der Waals surface area contributed by atoms with Crippen LogP contribution >= 0.6 is 23.1 Å². The van der Waals surface area contributed by atoms with Gasteiger partial charge in [-0.3, -0.25) is 9.59 Å². The fourth-order valence-corrected chi connectivity index (χ4v) is 6.35. The van der Waals surface area contributed by atoms with Gasteiger partial charge in [-0.1, -0.05) is 67.1 Å². The largest absolute Gasteiger partial charge is 0.481 e. The molecule has 5 nitrogen and oxygen atoms in total. The molecule has 4 aromatic rings. The van der Waals surface area contributed by atoms with Crippen LogP contribution in [0.2, 0.25) is 0 Å². The first-order valence-electron chi connectivity index (χ1n) is 13.7. The van der Waals surface area contributed by atoms with Crippen molar-refractivity contribution in [2.24, 2.45) is 0 Å². The number of unbranched alkanes of at least 4 members (excludes halogenated alkanes) is 2. The van der Waals surface area contributed by atoms with Gasteiger partial charge in [0.2, 0.25) is 5.78 Å². The van der Waals surface area contributed by atoms with Gasteiger partial charge in [-0.2, -0.15) is 0 Å². The van der Waals surface area contributed by atoms with Gasteiger partial charge in [0, 0.05) is 21.8 Å². The summed E-state index contributed by atoms with van der Waals surface area (Å²) in [5.74, 6) is 0.680. The molecule has 3 aromatic carbocycles. The van der Waals surface area contributed by atoms with Crippen LogP contribution in [-0.2, 0) is 17.6 Å². The number of hydrogen-bond donors (Lipinski definition) is 1. The van der Waals surface area contributed by atoms with Crippen LogP contribution in [0.4, 0.5) is 0 Å². The van der Waals surface area contributed by atoms with Gasteiger partial charge in [0.25, 0.3) is 0 Å². The molecule has 0 aliphatic carbocycles. The van der Waals surface area contributed by atoms with Gasteiger partial charge >= 0.3 is 5.97 Å². The lowest BCUT2D eigenvalue weighted by Gasteiger charge is -2.18. The molecule has 1 aromatic heterocycles. The fraction of sp³-hybridized carbons (Fsp3) is 0.303. The monoisotopic (exact) mass is 573 g/mol. The number of thiazole rings is 1. The number of ketones is 1. The van der Waals surface area contributed by atoms with Crippen molar-refractivity contribution in [1.29, 1.82) is 0 Å². The van der Waals surface area contributed by atoms with E-state index in [9.17, 15) is 9.59 Å². The molecule has 0 saturated heterocycles. The molecule has 40 heavy (non-hydrogen) atoms. The zero-order valence-corrected chi connectivity index (χ0v) is 24.4. The number of aromatic nitrogens is 1. The molecule has 1 unspecified atom stereocenters. The Hall–Kier alpha value is -3.42. The number of thioether (sulfide) groups is 1. The minimum Gasteiger partial charge on any atom is -0.481 e. The third kappa shape index (κ3) is 9.07. The van der Waals surface area contributed by atoms with Crippen LogP contribution in [-0.4, -0.2) is 27.6 Å². The number of hydrogen-bond acceptors (Lipinski definition) is 6. The van der Waals surface area contributed by atoms with Crippen LogP contribution < -0.4 is 4.74 Å². The number of rotatable bonds is 16. The molecule has 0 radical (unpaired) electrons. The highest BCUT2D eigenvalue weighted by Crippen LogP contribution is 2.30. The molecule has 208 valence electrons. The lowest BCUT2D eigenvalue weighted by Crippen LogP contribution is -2.19. The smallest absolute Gasteiger partial charge is 0.303 e. The van der Waals surface area contributed by atoms with Crippen LogP contribution in [0, 0.1) is 6.92 Å². The quantitative estimate of drug-likeness (QED) is 0.0824. The van der Waals surface area contributed by atoms with E-state index in [2.05, 4.69) is 35.3 Å². The van der Waals surface area contributed by atoms with E-state index in [1.807, 2.05) is 73.3 Å². The van der Waals surface area contributed by atoms with Crippen molar-refractivity contribution in [1.82, 2.24) is 4.98 Å². The summed E-state index contributed by atoms with van der Waals surface area (Å²) in [7, 11) is 0. The maximum atomic E-state index is 13.6. The first-order valence-corrected chi connectivity index (χ1v) is 15.5. The molecule has 0 bridgehead atoms. The lowest BCUT2D eigenvalue weighted by molar-refractivity contribution is -0.137. The van der Waals surface area contributed by atoms with Gasteiger partial charge in [-0.25, -0.2) is 4.98 Å². The molecule has 1 heterocycles. The van der Waals surface area contributed by atoms with Crippen LogP contribution in [0.5, 0.6) is 5.75 Å². The van der Waals surface area contributed by atoms with E-state index in [-0.39, 0.29) is 12.2 Å². The average Bonchev–Trinajstić information content (AvgIpc) is 3.35. The normalized spacial score (nSPS) is 11.7. The number of aliphatic carboxylic acids is 1. The van der Waals surface area contributed by atoms with Crippen LogP contribution in [0.25, 0.3) is 0 Å². The van der Waals surface area contributed by atoms with Gasteiger partial charge in [0.05, 0.1) is 5.69 Å². The minimum atomic E-state index is -0.820. The van der Waals surface area contributed by atoms with E-state index < -0.39 is 12.1 Å². The predicted molar refractivity (Wildman–Crippen MR) is 163 cm³/mol. The summed E-state index contributed by atoms with van der Waals surface area (Å²) < 4.78 is 6.26. The summed E-state index contributed by atoms with van der Waals surface area (Å²) in [5.41, 5.74) is 2.94. The topological polar surface area (TPSA) is 76.5 Å². The summed E-state index contributed by atoms with van der Waals surface area (Å²) in [4.78, 5) is 31.1. The average molecular weight is 574 g/mol. The van der Waals surface area contributed by atoms with Gasteiger partial charge in [-0.15, -0.1) is 23.1 Å². The molecule has 0 amide bonds. The van der Waals surface area contributed by atoms with Crippen molar-refractivity contribution in [2.75, 3.05) is 5.75 Å². The number of benzene rings is 3. The lowest BCUT2D eigenvalue weighted by atomic mass is 10.1. The van der Waals surface area contributed by atoms with Crippen LogP contribution in [0.1, 0.15) is 69.7 Å². The third-order valence-corrected chi connectivity index (χ3v) is 8.87. The molecule has 7 heteroatoms. The number of carbonyl (C=O) groups excluding carboxylic acids is 1. The van der Waals surface area contributed by atoms with Crippen LogP contribution in [0.3, 0.4) is 0 Å². The number of aryl methyl sites for hydroxylation is 3. The SMILES string of the molecule is Cc1nc(C(=O)C(Oc2ccc(SCCCCCc3ccccc3)cc2)c2ccccc2)sc1CCCC(=O)O. The second kappa shape index (κ2) is 15.4. The van der Waals surface area contributed by atoms with Gasteiger partial charge in [-0.05, 0) is 74.6 Å². The number of carboxylic acids is 1. The maximum absolute atomic E-state index is 13.6. The van der Waals surface area contributed by atoms with Gasteiger partial charge < -0.3 is 9.84 Å². The molecule has 0 aliphatic rings. The summed E-state index contributed by atoms with van der Waals surface area (Å²) >= 11 is 3.17. The van der Waals surface area contributed by atoms with Crippen molar-refractivity contribution >= 4 is 34.9 Å². The Morgan fingerprint density at radius 2 is 1.57 bits per heavy atom. The predicted octanol–water partition coefficient (Wildman–Crippen LogP) is 8.37. The number of carboxylic acid groups (broad SMARTS) is 1. The van der Waals surface area contributed by atoms with Crippen LogP contribution in [0.15, 0.2) is 89.8 Å². The minimum absolute atomic E-state index is 0.0961. The second-order valence-electron chi connectivity index (χ2n) is 9.66. The molecule has 1 atom stereocenters. The van der Waals surface area contributed by atoms with E-state index in [1.54, 1.807) is 0 Å². The van der Waals surface area contributed by atoms with E-state index >= 15 is 0 Å². The van der Waals surface area contributed by atoms with Crippen molar-refractivity contribution in [3.8, 4) is 5.75 Å². The Kier molecular flexibility index (Phi) is 11.4. The van der Waals surface area contributed by atoms with Crippen molar-refractivity contribution < 1.29 is 19.4 Å². The number of ether oxygens (including phenoxy) is 1. The molecular weight excluding hydrogens is 539 g/mol. The van der Waals surface area contributed by atoms with E-state index in [0.29, 0.717) is 23.6 Å². The first kappa shape index (κ1) is 29.6. The molecule has 1 N–H and O–H groups in total. The highest BCUT2D eigenvalue weighted by Gasteiger charge is 2.27. The summed E-state index contributed by atoms with van der Waals surface area (Å²) in [6.45, 7) is 1.86. The Balaban J connectivity index is 1.33. The number of nitrogens with zero attached hydrogens (tertiary/aromatic N) is 1. The Morgan fingerprint density at radius 3 is 2.27 bits per heavy atom. The number of Topliss-reactive ketones (excluding diaryl/α,β-unsaturated/α-hetero) is 1. The first-order chi connectivity index (χ1) is 19.5. The standard InChI is InChI=1S/C33H35NO4S2/c1-24-29(17-11-18-30(35)36)40-33(34-24)31(37)32(26-15-8-3-9-16-26)38-27-19-21-28(22-20-27)39-23-10-4-7-14-25-12-5-2-6-13-25/h2-3,5-6,8-9,12-13,15-16,19-22,32H,4,7,10-11,14,17-18,23H2,1H3,(H,35,36). The zero-order chi connectivity index (χ0) is 28.2. The van der Waals surface area contributed by atoms with E-state index in [1.165, 1.54) is 41.1 Å². The molecule has 0 saturated carbocycles. The zero-order valence-electron chi connectivity index (χ0n) is 22.8. The Morgan fingerprint density at radius 1 is 0.875 bits per heavy atom. The Labute approximate surface area is 244 Å². The van der Waals surface area contributed by atoms with Crippen molar-refractivity contribution in [3.05, 3.63) is 112 Å². The third-order valence-electron chi connectivity index (χ3n) is 6.54. The molecule has 0 aliphatic heterocycles. The highest BCUT2D eigenvalue weighted by molar-refractivity contribution is 7.99. The summed E-state index contributed by atoms with van der Waals surface area (Å²) in [5, 5.41) is 9.32.